The number of carbonyl (C=O) groups excluding carboxylic acids is 1. The zero-order valence-electron chi connectivity index (χ0n) is 20.9. The van der Waals surface area contributed by atoms with E-state index < -0.39 is 28.3 Å². The van der Waals surface area contributed by atoms with Gasteiger partial charge in [0.1, 0.15) is 12.4 Å². The molecule has 0 saturated carbocycles. The molecule has 9 nitrogen and oxygen atoms in total. The van der Waals surface area contributed by atoms with Crippen LogP contribution < -0.4 is 5.32 Å². The fraction of sp³-hybridized carbons (Fsp3) is 0.333. The molecule has 37 heavy (non-hydrogen) atoms. The summed E-state index contributed by atoms with van der Waals surface area (Å²) in [5.74, 6) is -0.213. The molecule has 3 N–H and O–H groups in total. The monoisotopic (exact) mass is 527 g/mol. The van der Waals surface area contributed by atoms with Gasteiger partial charge < -0.3 is 20.3 Å². The number of hydrogen-bond donors (Lipinski definition) is 3. The van der Waals surface area contributed by atoms with Crippen molar-refractivity contribution in [2.75, 3.05) is 13.1 Å². The maximum absolute atomic E-state index is 13.4. The van der Waals surface area contributed by atoms with Crippen LogP contribution in [0.4, 0.5) is 4.79 Å². The van der Waals surface area contributed by atoms with Gasteiger partial charge in [-0.3, -0.25) is 4.98 Å². The average molecular weight is 528 g/mol. The minimum absolute atomic E-state index is 0.000814. The number of nitrogens with zero attached hydrogens (tertiary/aromatic N) is 2. The van der Waals surface area contributed by atoms with E-state index in [2.05, 4.69) is 10.3 Å². The molecule has 2 aromatic carbocycles. The molecular formula is C27H33N3O6S. The first-order valence-corrected chi connectivity index (χ1v) is 13.4. The van der Waals surface area contributed by atoms with Gasteiger partial charge in [0.05, 0.1) is 17.0 Å². The molecule has 10 heteroatoms. The van der Waals surface area contributed by atoms with E-state index in [9.17, 15) is 23.4 Å². The number of sulfonamides is 1. The third-order valence-corrected chi connectivity index (χ3v) is 7.40. The Labute approximate surface area is 217 Å². The van der Waals surface area contributed by atoms with Gasteiger partial charge in [0, 0.05) is 31.0 Å². The number of phenolic OH excluding ortho intramolecular Hbond substituents is 1. The number of nitrogens with one attached hydrogen (secondary N) is 1. The predicted octanol–water partition coefficient (Wildman–Crippen LogP) is 3.33. The molecule has 1 amide bonds. The summed E-state index contributed by atoms with van der Waals surface area (Å²) in [7, 11) is -4.03. The first-order chi connectivity index (χ1) is 17.6. The van der Waals surface area contributed by atoms with E-state index in [1.807, 2.05) is 44.2 Å². The molecule has 1 unspecified atom stereocenters. The molecule has 1 aromatic heterocycles. The van der Waals surface area contributed by atoms with Crippen LogP contribution in [0.15, 0.2) is 84.0 Å². The van der Waals surface area contributed by atoms with Crippen LogP contribution in [0.5, 0.6) is 5.75 Å². The number of aromatic hydroxyl groups is 1. The topological polar surface area (TPSA) is 129 Å². The van der Waals surface area contributed by atoms with E-state index in [0.29, 0.717) is 5.56 Å². The highest BCUT2D eigenvalue weighted by Gasteiger charge is 2.31. The van der Waals surface area contributed by atoms with Crippen molar-refractivity contribution in [1.29, 1.82) is 0 Å². The number of aliphatic hydroxyl groups excluding tert-OH is 1. The second kappa shape index (κ2) is 13.2. The Balaban J connectivity index is 1.79. The Morgan fingerprint density at radius 2 is 1.76 bits per heavy atom. The lowest BCUT2D eigenvalue weighted by atomic mass is 10.0. The molecule has 0 aliphatic rings. The lowest BCUT2D eigenvalue weighted by Gasteiger charge is -2.30. The number of aliphatic hydroxyl groups is 1. The van der Waals surface area contributed by atoms with Gasteiger partial charge in [-0.1, -0.05) is 56.3 Å². The van der Waals surface area contributed by atoms with Crippen LogP contribution in [0.1, 0.15) is 25.0 Å². The number of rotatable bonds is 12. The predicted molar refractivity (Wildman–Crippen MR) is 139 cm³/mol. The average Bonchev–Trinajstić information content (AvgIpc) is 2.87. The third kappa shape index (κ3) is 8.56. The molecule has 2 atom stereocenters. The van der Waals surface area contributed by atoms with Crippen molar-refractivity contribution in [2.24, 2.45) is 5.92 Å². The number of benzene rings is 2. The van der Waals surface area contributed by atoms with Gasteiger partial charge in [0.25, 0.3) is 0 Å². The van der Waals surface area contributed by atoms with Gasteiger partial charge in [-0.2, -0.15) is 4.31 Å². The standard InChI is InChI=1S/C27H33N3O6S/c1-20(2)17-30(37(34,35)24-12-6-11-23(31)15-24)18-26(32)25(14-21-8-4-3-5-9-21)29-27(33)36-19-22-10-7-13-28-16-22/h3-13,15-16,20,25-26,31-32H,14,17-19H2,1-2H3,(H,29,33)/t25-,26?/m0/s1. The second-order valence-corrected chi connectivity index (χ2v) is 11.1. The number of alkyl carbamates (subject to hydrolysis) is 1. The normalized spacial score (nSPS) is 13.3. The van der Waals surface area contributed by atoms with E-state index in [1.54, 1.807) is 24.5 Å². The molecule has 0 aliphatic heterocycles. The highest BCUT2D eigenvalue weighted by molar-refractivity contribution is 7.89. The Hall–Kier alpha value is -3.47. The molecule has 1 heterocycles. The lowest BCUT2D eigenvalue weighted by molar-refractivity contribution is 0.0873. The third-order valence-electron chi connectivity index (χ3n) is 5.57. The Morgan fingerprint density at radius 3 is 2.41 bits per heavy atom. The van der Waals surface area contributed by atoms with Crippen molar-refractivity contribution in [3.63, 3.8) is 0 Å². The van der Waals surface area contributed by atoms with Gasteiger partial charge >= 0.3 is 6.09 Å². The number of hydrogen-bond acceptors (Lipinski definition) is 7. The lowest BCUT2D eigenvalue weighted by Crippen LogP contribution is -2.51. The number of carbonyl (C=O) groups is 1. The second-order valence-electron chi connectivity index (χ2n) is 9.16. The van der Waals surface area contributed by atoms with Gasteiger partial charge in [-0.05, 0) is 42.2 Å². The van der Waals surface area contributed by atoms with Crippen LogP contribution in [0, 0.1) is 5.92 Å². The summed E-state index contributed by atoms with van der Waals surface area (Å²) in [5, 5.41) is 23.7. The molecule has 3 aromatic rings. The molecule has 0 radical (unpaired) electrons. The molecule has 3 rings (SSSR count). The van der Waals surface area contributed by atoms with E-state index in [1.165, 1.54) is 28.6 Å². The van der Waals surface area contributed by atoms with Gasteiger partial charge in [-0.15, -0.1) is 0 Å². The number of aromatic nitrogens is 1. The molecule has 0 bridgehead atoms. The van der Waals surface area contributed by atoms with Crippen LogP contribution in [0.2, 0.25) is 0 Å². The summed E-state index contributed by atoms with van der Waals surface area (Å²) >= 11 is 0. The van der Waals surface area contributed by atoms with E-state index in [0.717, 1.165) is 5.56 Å². The fourth-order valence-corrected chi connectivity index (χ4v) is 5.45. The van der Waals surface area contributed by atoms with Crippen molar-refractivity contribution in [1.82, 2.24) is 14.6 Å². The fourth-order valence-electron chi connectivity index (χ4n) is 3.78. The van der Waals surface area contributed by atoms with E-state index in [-0.39, 0.29) is 42.7 Å². The minimum Gasteiger partial charge on any atom is -0.508 e. The maximum atomic E-state index is 13.4. The molecule has 0 saturated heterocycles. The smallest absolute Gasteiger partial charge is 0.407 e. The first-order valence-electron chi connectivity index (χ1n) is 12.0. The quantitative estimate of drug-likeness (QED) is 0.329. The van der Waals surface area contributed by atoms with Gasteiger partial charge in [-0.25, -0.2) is 13.2 Å². The summed E-state index contributed by atoms with van der Waals surface area (Å²) in [6.07, 6.45) is 1.46. The summed E-state index contributed by atoms with van der Waals surface area (Å²) in [5.41, 5.74) is 1.56. The summed E-state index contributed by atoms with van der Waals surface area (Å²) < 4.78 is 33.3. The van der Waals surface area contributed by atoms with E-state index in [4.69, 9.17) is 4.74 Å². The van der Waals surface area contributed by atoms with Crippen LogP contribution in [-0.4, -0.2) is 59.2 Å². The van der Waals surface area contributed by atoms with Crippen molar-refractivity contribution < 1.29 is 28.2 Å². The summed E-state index contributed by atoms with van der Waals surface area (Å²) in [4.78, 5) is 16.5. The highest BCUT2D eigenvalue weighted by Crippen LogP contribution is 2.22. The molecule has 0 aliphatic carbocycles. The SMILES string of the molecule is CC(C)CN(CC(O)[C@H](Cc1ccccc1)NC(=O)OCc1cccnc1)S(=O)(=O)c1cccc(O)c1. The van der Waals surface area contributed by atoms with Gasteiger partial charge in [0.15, 0.2) is 0 Å². The summed E-state index contributed by atoms with van der Waals surface area (Å²) in [6.45, 7) is 3.61. The molecule has 0 fully saturated rings. The molecular weight excluding hydrogens is 494 g/mol. The highest BCUT2D eigenvalue weighted by atomic mass is 32.2. The number of ether oxygens (including phenoxy) is 1. The first kappa shape index (κ1) is 28.1. The van der Waals surface area contributed by atoms with E-state index >= 15 is 0 Å². The number of amides is 1. The van der Waals surface area contributed by atoms with Crippen molar-refractivity contribution in [3.8, 4) is 5.75 Å². The Kier molecular flexibility index (Phi) is 10.0. The van der Waals surface area contributed by atoms with Crippen LogP contribution in [0.3, 0.4) is 0 Å². The van der Waals surface area contributed by atoms with Crippen LogP contribution in [0.25, 0.3) is 0 Å². The van der Waals surface area contributed by atoms with Crippen molar-refractivity contribution in [2.45, 2.75) is 43.9 Å². The zero-order chi connectivity index (χ0) is 26.8. The minimum atomic E-state index is -4.03. The van der Waals surface area contributed by atoms with Crippen LogP contribution >= 0.6 is 0 Å². The number of phenols is 1. The zero-order valence-corrected chi connectivity index (χ0v) is 21.7. The number of pyridine rings is 1. The molecule has 198 valence electrons. The Morgan fingerprint density at radius 1 is 1.03 bits per heavy atom. The molecule has 0 spiro atoms. The van der Waals surface area contributed by atoms with Crippen molar-refractivity contribution >= 4 is 16.1 Å². The largest absolute Gasteiger partial charge is 0.508 e. The van der Waals surface area contributed by atoms with Crippen LogP contribution in [-0.2, 0) is 27.8 Å². The maximum Gasteiger partial charge on any atom is 0.407 e. The Bertz CT molecular complexity index is 1240. The van der Waals surface area contributed by atoms with Gasteiger partial charge in [0.2, 0.25) is 10.0 Å². The summed E-state index contributed by atoms with van der Waals surface area (Å²) in [6, 6.07) is 17.3. The van der Waals surface area contributed by atoms with Crippen molar-refractivity contribution in [3.05, 3.63) is 90.3 Å².